The number of methoxy groups -OCH3 is 1. The van der Waals surface area contributed by atoms with Crippen molar-refractivity contribution in [2.24, 2.45) is 11.8 Å². The molecule has 2 atom stereocenters. The van der Waals surface area contributed by atoms with Gasteiger partial charge in [0.15, 0.2) is 0 Å². The number of halogens is 1. The third-order valence-electron chi connectivity index (χ3n) is 6.19. The van der Waals surface area contributed by atoms with Crippen molar-refractivity contribution in [2.75, 3.05) is 26.7 Å². The summed E-state index contributed by atoms with van der Waals surface area (Å²) in [7, 11) is 1.68. The first-order valence-electron chi connectivity index (χ1n) is 11.2. The lowest BCUT2D eigenvalue weighted by atomic mass is 9.88. The summed E-state index contributed by atoms with van der Waals surface area (Å²) in [6, 6.07) is 15.2. The van der Waals surface area contributed by atoms with E-state index in [1.165, 1.54) is 17.7 Å². The van der Waals surface area contributed by atoms with Crippen molar-refractivity contribution in [3.63, 3.8) is 0 Å². The van der Waals surface area contributed by atoms with E-state index in [0.717, 1.165) is 30.9 Å². The van der Waals surface area contributed by atoms with Gasteiger partial charge in [0.25, 0.3) is 0 Å². The Balaban J connectivity index is 1.82. The fourth-order valence-electron chi connectivity index (χ4n) is 4.53. The molecule has 1 heterocycles. The van der Waals surface area contributed by atoms with Gasteiger partial charge < -0.3 is 9.64 Å². The SMILES string of the molecule is COc1cccc(CN2CC(CN(C(=O)C(C)C)C(C)C)C(c3ccc(F)cc3)C2)c1. The molecule has 31 heavy (non-hydrogen) atoms. The maximum absolute atomic E-state index is 13.5. The molecule has 0 spiro atoms. The Kier molecular flexibility index (Phi) is 7.71. The van der Waals surface area contributed by atoms with Crippen LogP contribution in [0, 0.1) is 17.7 Å². The van der Waals surface area contributed by atoms with Gasteiger partial charge in [-0.1, -0.05) is 38.1 Å². The van der Waals surface area contributed by atoms with Crippen molar-refractivity contribution in [1.29, 1.82) is 0 Å². The number of ether oxygens (including phenoxy) is 1. The summed E-state index contributed by atoms with van der Waals surface area (Å²) in [6.07, 6.45) is 0. The van der Waals surface area contributed by atoms with Crippen LogP contribution in [0.2, 0.25) is 0 Å². The summed E-state index contributed by atoms with van der Waals surface area (Å²) in [5, 5.41) is 0. The van der Waals surface area contributed by atoms with Crippen LogP contribution in [0.4, 0.5) is 4.39 Å². The average molecular weight is 427 g/mol. The minimum Gasteiger partial charge on any atom is -0.497 e. The van der Waals surface area contributed by atoms with Gasteiger partial charge in [0.1, 0.15) is 11.6 Å². The molecule has 4 nitrogen and oxygen atoms in total. The van der Waals surface area contributed by atoms with Gasteiger partial charge in [0.2, 0.25) is 5.91 Å². The van der Waals surface area contributed by atoms with Crippen molar-refractivity contribution in [2.45, 2.75) is 46.2 Å². The van der Waals surface area contributed by atoms with Crippen molar-refractivity contribution in [3.05, 3.63) is 65.5 Å². The normalized spacial score (nSPS) is 19.2. The van der Waals surface area contributed by atoms with E-state index in [2.05, 4.69) is 30.9 Å². The van der Waals surface area contributed by atoms with Crippen LogP contribution >= 0.6 is 0 Å². The number of carbonyl (C=O) groups excluding carboxylic acids is 1. The Labute approximate surface area is 186 Å². The van der Waals surface area contributed by atoms with Gasteiger partial charge in [-0.15, -0.1) is 0 Å². The van der Waals surface area contributed by atoms with Gasteiger partial charge in [-0.3, -0.25) is 9.69 Å². The number of carbonyl (C=O) groups is 1. The second kappa shape index (κ2) is 10.3. The molecule has 1 aliphatic heterocycles. The van der Waals surface area contributed by atoms with Crippen LogP contribution in [0.15, 0.2) is 48.5 Å². The number of nitrogens with zero attached hydrogens (tertiary/aromatic N) is 2. The van der Waals surface area contributed by atoms with Crippen LogP contribution < -0.4 is 4.74 Å². The Hall–Kier alpha value is -2.40. The lowest BCUT2D eigenvalue weighted by Gasteiger charge is -2.33. The minimum atomic E-state index is -0.217. The Morgan fingerprint density at radius 1 is 1.13 bits per heavy atom. The number of hydrogen-bond donors (Lipinski definition) is 0. The van der Waals surface area contributed by atoms with Gasteiger partial charge in [-0.25, -0.2) is 4.39 Å². The quantitative estimate of drug-likeness (QED) is 0.599. The molecule has 1 saturated heterocycles. The summed E-state index contributed by atoms with van der Waals surface area (Å²) in [4.78, 5) is 17.3. The van der Waals surface area contributed by atoms with Crippen LogP contribution in [-0.4, -0.2) is 48.5 Å². The maximum atomic E-state index is 13.5. The van der Waals surface area contributed by atoms with Crippen LogP contribution in [-0.2, 0) is 11.3 Å². The van der Waals surface area contributed by atoms with Gasteiger partial charge in [0, 0.05) is 44.1 Å². The van der Waals surface area contributed by atoms with Gasteiger partial charge in [-0.05, 0) is 55.2 Å². The summed E-state index contributed by atoms with van der Waals surface area (Å²) in [5.41, 5.74) is 2.34. The molecule has 0 radical (unpaired) electrons. The summed E-state index contributed by atoms with van der Waals surface area (Å²) in [5.74, 6) is 1.36. The van der Waals surface area contributed by atoms with Crippen molar-refractivity contribution in [3.8, 4) is 5.75 Å². The first-order valence-corrected chi connectivity index (χ1v) is 11.2. The smallest absolute Gasteiger partial charge is 0.225 e. The predicted molar refractivity (Wildman–Crippen MR) is 123 cm³/mol. The van der Waals surface area contributed by atoms with Gasteiger partial charge >= 0.3 is 0 Å². The Morgan fingerprint density at radius 2 is 1.84 bits per heavy atom. The van der Waals surface area contributed by atoms with Gasteiger partial charge in [0.05, 0.1) is 7.11 Å². The number of benzene rings is 2. The number of rotatable bonds is 8. The van der Waals surface area contributed by atoms with E-state index in [-0.39, 0.29) is 29.6 Å². The lowest BCUT2D eigenvalue weighted by Crippen LogP contribution is -2.43. The third kappa shape index (κ3) is 5.85. The minimum absolute atomic E-state index is 0.0269. The molecule has 5 heteroatoms. The highest BCUT2D eigenvalue weighted by Crippen LogP contribution is 2.35. The van der Waals surface area contributed by atoms with Crippen LogP contribution in [0.25, 0.3) is 0 Å². The summed E-state index contributed by atoms with van der Waals surface area (Å²) < 4.78 is 18.9. The molecule has 0 aliphatic carbocycles. The molecule has 1 amide bonds. The molecular weight excluding hydrogens is 391 g/mol. The molecule has 1 aliphatic rings. The summed E-state index contributed by atoms with van der Waals surface area (Å²) in [6.45, 7) is 11.4. The molecular formula is C26H35FN2O2. The molecule has 0 aromatic heterocycles. The summed E-state index contributed by atoms with van der Waals surface area (Å²) >= 11 is 0. The molecule has 0 saturated carbocycles. The first kappa shape index (κ1) is 23.3. The highest BCUT2D eigenvalue weighted by Gasteiger charge is 2.36. The second-order valence-corrected chi connectivity index (χ2v) is 9.20. The van der Waals surface area contributed by atoms with Crippen molar-refractivity contribution in [1.82, 2.24) is 9.80 Å². The third-order valence-corrected chi connectivity index (χ3v) is 6.19. The zero-order valence-electron chi connectivity index (χ0n) is 19.3. The standard InChI is InChI=1S/C26H35FN2O2/c1-18(2)26(30)29(19(3)4)16-22-15-28(14-20-7-6-8-24(13-20)31-5)17-25(22)21-9-11-23(27)12-10-21/h6-13,18-19,22,25H,14-17H2,1-5H3. The van der Waals surface area contributed by atoms with Crippen LogP contribution in [0.3, 0.4) is 0 Å². The van der Waals surface area contributed by atoms with Gasteiger partial charge in [-0.2, -0.15) is 0 Å². The average Bonchev–Trinajstić information content (AvgIpc) is 3.14. The molecule has 2 aromatic rings. The van der Waals surface area contributed by atoms with Crippen LogP contribution in [0.1, 0.15) is 44.7 Å². The van der Waals surface area contributed by atoms with E-state index in [4.69, 9.17) is 4.74 Å². The molecule has 2 unspecified atom stereocenters. The largest absolute Gasteiger partial charge is 0.497 e. The van der Waals surface area contributed by atoms with E-state index in [9.17, 15) is 9.18 Å². The fraction of sp³-hybridized carbons (Fsp3) is 0.500. The van der Waals surface area contributed by atoms with E-state index in [1.807, 2.05) is 43.0 Å². The first-order chi connectivity index (χ1) is 14.8. The van der Waals surface area contributed by atoms with E-state index in [0.29, 0.717) is 12.5 Å². The number of likely N-dealkylation sites (tertiary alicyclic amines) is 1. The fourth-order valence-corrected chi connectivity index (χ4v) is 4.53. The zero-order valence-corrected chi connectivity index (χ0v) is 19.3. The van der Waals surface area contributed by atoms with Crippen molar-refractivity contribution < 1.29 is 13.9 Å². The molecule has 168 valence electrons. The topological polar surface area (TPSA) is 32.8 Å². The number of hydrogen-bond acceptors (Lipinski definition) is 3. The molecule has 1 fully saturated rings. The molecule has 0 N–H and O–H groups in total. The maximum Gasteiger partial charge on any atom is 0.225 e. The lowest BCUT2D eigenvalue weighted by molar-refractivity contribution is -0.136. The zero-order chi connectivity index (χ0) is 22.5. The highest BCUT2D eigenvalue weighted by molar-refractivity contribution is 5.78. The highest BCUT2D eigenvalue weighted by atomic mass is 19.1. The van der Waals surface area contributed by atoms with E-state index >= 15 is 0 Å². The van der Waals surface area contributed by atoms with Crippen molar-refractivity contribution >= 4 is 5.91 Å². The molecule has 3 rings (SSSR count). The number of amides is 1. The molecule has 2 aromatic carbocycles. The predicted octanol–water partition coefficient (Wildman–Crippen LogP) is 4.94. The van der Waals surface area contributed by atoms with Crippen LogP contribution in [0.5, 0.6) is 5.75 Å². The second-order valence-electron chi connectivity index (χ2n) is 9.20. The Morgan fingerprint density at radius 3 is 2.45 bits per heavy atom. The molecule has 0 bridgehead atoms. The van der Waals surface area contributed by atoms with E-state index < -0.39 is 0 Å². The Bertz CT molecular complexity index is 866. The van der Waals surface area contributed by atoms with E-state index in [1.54, 1.807) is 7.11 Å². The monoisotopic (exact) mass is 426 g/mol.